The lowest BCUT2D eigenvalue weighted by Crippen LogP contribution is -2.43. The smallest absolute Gasteiger partial charge is 0.236 e. The van der Waals surface area contributed by atoms with Crippen molar-refractivity contribution in [1.82, 2.24) is 19.6 Å². The zero-order chi connectivity index (χ0) is 17.9. The van der Waals surface area contributed by atoms with E-state index < -0.39 is 0 Å². The van der Waals surface area contributed by atoms with Crippen molar-refractivity contribution in [1.29, 1.82) is 0 Å². The first-order valence-corrected chi connectivity index (χ1v) is 9.44. The highest BCUT2D eigenvalue weighted by molar-refractivity contribution is 5.78. The van der Waals surface area contributed by atoms with E-state index in [-0.39, 0.29) is 12.5 Å². The summed E-state index contributed by atoms with van der Waals surface area (Å²) in [5.74, 6) is 0.515. The molecule has 2 aliphatic rings. The van der Waals surface area contributed by atoms with Crippen molar-refractivity contribution >= 4 is 5.91 Å². The lowest BCUT2D eigenvalue weighted by Gasteiger charge is -2.33. The van der Waals surface area contributed by atoms with Crippen LogP contribution in [0.3, 0.4) is 0 Å². The van der Waals surface area contributed by atoms with E-state index in [1.54, 1.807) is 4.68 Å². The Balaban J connectivity index is 1.34. The number of fused-ring (bicyclic) bond motifs is 1. The van der Waals surface area contributed by atoms with Gasteiger partial charge in [0.05, 0.1) is 25.4 Å². The van der Waals surface area contributed by atoms with Crippen LogP contribution in [0.15, 0.2) is 36.5 Å². The Hall–Kier alpha value is -2.18. The Morgan fingerprint density at radius 1 is 1.19 bits per heavy atom. The van der Waals surface area contributed by atoms with Gasteiger partial charge in [0.15, 0.2) is 0 Å². The lowest BCUT2D eigenvalue weighted by molar-refractivity contribution is -0.133. The summed E-state index contributed by atoms with van der Waals surface area (Å²) in [6.07, 6.45) is 3.99. The van der Waals surface area contributed by atoms with E-state index >= 15 is 0 Å². The van der Waals surface area contributed by atoms with E-state index in [1.165, 1.54) is 11.1 Å². The average molecular weight is 354 g/mol. The van der Waals surface area contributed by atoms with Crippen molar-refractivity contribution in [2.45, 2.75) is 38.4 Å². The molecule has 1 fully saturated rings. The molecule has 0 saturated carbocycles. The topological polar surface area (TPSA) is 61.6 Å². The van der Waals surface area contributed by atoms with Crippen molar-refractivity contribution in [3.8, 4) is 0 Å². The number of aromatic nitrogens is 2. The van der Waals surface area contributed by atoms with Crippen LogP contribution < -0.4 is 0 Å². The molecule has 3 heterocycles. The molecule has 0 unspecified atom stereocenters. The maximum absolute atomic E-state index is 12.8. The molecule has 0 radical (unpaired) electrons. The normalized spacial score (nSPS) is 20.3. The summed E-state index contributed by atoms with van der Waals surface area (Å²) in [7, 11) is 0. The van der Waals surface area contributed by atoms with Crippen molar-refractivity contribution < 1.29 is 9.90 Å². The summed E-state index contributed by atoms with van der Waals surface area (Å²) in [5.41, 5.74) is 3.71. The first kappa shape index (κ1) is 17.2. The summed E-state index contributed by atoms with van der Waals surface area (Å²) in [6, 6.07) is 10.5. The minimum atomic E-state index is 0.0919. The van der Waals surface area contributed by atoms with Gasteiger partial charge in [-0.2, -0.15) is 5.10 Å². The summed E-state index contributed by atoms with van der Waals surface area (Å²) in [4.78, 5) is 17.0. The molecule has 2 aromatic rings. The number of likely N-dealkylation sites (tertiary alicyclic amines) is 1. The maximum atomic E-state index is 12.8. The molecule has 1 amide bonds. The number of nitrogens with zero attached hydrogens (tertiary/aromatic N) is 4. The molecule has 0 spiro atoms. The largest absolute Gasteiger partial charge is 0.394 e. The zero-order valence-electron chi connectivity index (χ0n) is 15.0. The number of rotatable bonds is 5. The third-order valence-corrected chi connectivity index (χ3v) is 5.45. The van der Waals surface area contributed by atoms with Gasteiger partial charge in [-0.3, -0.25) is 14.4 Å². The van der Waals surface area contributed by atoms with Gasteiger partial charge in [-0.25, -0.2) is 0 Å². The number of hydrogen-bond donors (Lipinski definition) is 1. The van der Waals surface area contributed by atoms with Crippen LogP contribution in [-0.2, 0) is 24.4 Å². The fraction of sp³-hybridized carbons (Fsp3) is 0.500. The minimum Gasteiger partial charge on any atom is -0.394 e. The Morgan fingerprint density at radius 2 is 1.96 bits per heavy atom. The molecule has 0 aliphatic carbocycles. The van der Waals surface area contributed by atoms with Crippen LogP contribution in [-0.4, -0.2) is 56.8 Å². The summed E-state index contributed by atoms with van der Waals surface area (Å²) < 4.78 is 1.78. The molecular formula is C20H26N4O2. The van der Waals surface area contributed by atoms with Gasteiger partial charge in [-0.05, 0) is 30.0 Å². The second-order valence-corrected chi connectivity index (χ2v) is 7.32. The number of benzene rings is 1. The van der Waals surface area contributed by atoms with Gasteiger partial charge in [-0.15, -0.1) is 0 Å². The van der Waals surface area contributed by atoms with Crippen LogP contribution in [0.4, 0.5) is 0 Å². The van der Waals surface area contributed by atoms with Crippen LogP contribution in [0.2, 0.25) is 0 Å². The number of carbonyl (C=O) groups excluding carboxylic acids is 1. The molecule has 2 aliphatic heterocycles. The average Bonchev–Trinajstić information content (AvgIpc) is 3.28. The first-order chi connectivity index (χ1) is 12.7. The van der Waals surface area contributed by atoms with Crippen LogP contribution in [0.5, 0.6) is 0 Å². The van der Waals surface area contributed by atoms with Gasteiger partial charge < -0.3 is 10.0 Å². The Labute approximate surface area is 154 Å². The molecule has 26 heavy (non-hydrogen) atoms. The van der Waals surface area contributed by atoms with Crippen LogP contribution >= 0.6 is 0 Å². The maximum Gasteiger partial charge on any atom is 0.236 e. The number of aliphatic hydroxyl groups excluding tert-OH is 1. The van der Waals surface area contributed by atoms with Crippen molar-refractivity contribution in [3.63, 3.8) is 0 Å². The highest BCUT2D eigenvalue weighted by Gasteiger charge is 2.28. The number of aliphatic hydroxyl groups is 1. The van der Waals surface area contributed by atoms with E-state index in [4.69, 9.17) is 5.11 Å². The fourth-order valence-corrected chi connectivity index (χ4v) is 4.07. The van der Waals surface area contributed by atoms with Gasteiger partial charge in [0.25, 0.3) is 0 Å². The van der Waals surface area contributed by atoms with Crippen LogP contribution in [0, 0.1) is 0 Å². The predicted molar refractivity (Wildman–Crippen MR) is 98.4 cm³/mol. The number of carbonyl (C=O) groups is 1. The third-order valence-electron chi connectivity index (χ3n) is 5.45. The van der Waals surface area contributed by atoms with Gasteiger partial charge in [-0.1, -0.05) is 24.3 Å². The molecule has 0 bridgehead atoms. The summed E-state index contributed by atoms with van der Waals surface area (Å²) in [5, 5.41) is 13.6. The second-order valence-electron chi connectivity index (χ2n) is 7.32. The Morgan fingerprint density at radius 3 is 2.69 bits per heavy atom. The van der Waals surface area contributed by atoms with E-state index in [2.05, 4.69) is 34.3 Å². The van der Waals surface area contributed by atoms with Gasteiger partial charge >= 0.3 is 0 Å². The first-order valence-electron chi connectivity index (χ1n) is 9.44. The lowest BCUT2D eigenvalue weighted by atomic mass is 9.95. The van der Waals surface area contributed by atoms with E-state index in [0.29, 0.717) is 19.0 Å². The van der Waals surface area contributed by atoms with E-state index in [0.717, 1.165) is 44.7 Å². The number of amides is 1. The molecular weight excluding hydrogens is 328 g/mol. The van der Waals surface area contributed by atoms with E-state index in [9.17, 15) is 4.79 Å². The van der Waals surface area contributed by atoms with Gasteiger partial charge in [0, 0.05) is 38.3 Å². The zero-order valence-corrected chi connectivity index (χ0v) is 15.0. The summed E-state index contributed by atoms with van der Waals surface area (Å²) >= 11 is 0. The second kappa shape index (κ2) is 7.60. The molecule has 1 aromatic heterocycles. The molecule has 138 valence electrons. The van der Waals surface area contributed by atoms with Gasteiger partial charge in [0.1, 0.15) is 0 Å². The van der Waals surface area contributed by atoms with Crippen molar-refractivity contribution in [3.05, 3.63) is 53.3 Å². The quantitative estimate of drug-likeness (QED) is 0.886. The molecule has 1 N–H and O–H groups in total. The molecule has 6 heteroatoms. The van der Waals surface area contributed by atoms with Gasteiger partial charge in [0.2, 0.25) is 5.91 Å². The monoisotopic (exact) mass is 354 g/mol. The Bertz CT molecular complexity index is 748. The third kappa shape index (κ3) is 3.66. The van der Waals surface area contributed by atoms with Crippen LogP contribution in [0.25, 0.3) is 0 Å². The number of hydrogen-bond acceptors (Lipinski definition) is 4. The SMILES string of the molecule is O=C(CN1Cc2ccccc2C1)N1CCC[C@H](c2ccn(CCO)n2)C1. The molecule has 1 atom stereocenters. The van der Waals surface area contributed by atoms with Crippen molar-refractivity contribution in [2.24, 2.45) is 0 Å². The van der Waals surface area contributed by atoms with E-state index in [1.807, 2.05) is 17.2 Å². The standard InChI is InChI=1S/C20H26N4O2/c25-11-10-24-9-7-19(21-24)18-6-3-8-23(14-18)20(26)15-22-12-16-4-1-2-5-17(16)13-22/h1-2,4-5,7,9,18,25H,3,6,8,10-15H2/t18-/m0/s1. The fourth-order valence-electron chi connectivity index (χ4n) is 4.07. The highest BCUT2D eigenvalue weighted by Crippen LogP contribution is 2.27. The molecule has 4 rings (SSSR count). The highest BCUT2D eigenvalue weighted by atomic mass is 16.3. The van der Waals surface area contributed by atoms with Crippen molar-refractivity contribution in [2.75, 3.05) is 26.2 Å². The Kier molecular flexibility index (Phi) is 5.04. The summed E-state index contributed by atoms with van der Waals surface area (Å²) in [6.45, 7) is 4.42. The molecule has 1 aromatic carbocycles. The molecule has 6 nitrogen and oxygen atoms in total. The minimum absolute atomic E-state index is 0.0919. The predicted octanol–water partition coefficient (Wildman–Crippen LogP) is 1.60. The van der Waals surface area contributed by atoms with Crippen LogP contribution in [0.1, 0.15) is 35.6 Å². The number of piperidine rings is 1. The molecule has 1 saturated heterocycles.